The molecule has 0 heterocycles. The third-order valence-electron chi connectivity index (χ3n) is 13.8. The summed E-state index contributed by atoms with van der Waals surface area (Å²) in [5.41, 5.74) is 0.141. The first-order valence-corrected chi connectivity index (χ1v) is 14.6. The van der Waals surface area contributed by atoms with Crippen molar-refractivity contribution in [2.75, 3.05) is 0 Å². The predicted molar refractivity (Wildman–Crippen MR) is 141 cm³/mol. The molecule has 3 heteroatoms. The highest BCUT2D eigenvalue weighted by Crippen LogP contribution is 2.76. The molecule has 0 aliphatic heterocycles. The normalized spacial score (nSPS) is 52.4. The number of fused-ring (bicyclic) bond motifs is 7. The van der Waals surface area contributed by atoms with Gasteiger partial charge >= 0.3 is 0 Å². The van der Waals surface area contributed by atoms with Gasteiger partial charge in [-0.1, -0.05) is 61.8 Å². The SMILES string of the molecule is [C-]#[N+]C1C[C@]2(C)[C@H]3CC(=O)C4C5CC(C)(C)CC[C@]5(CC)CC[C@@]4(C)[C@]3(C)CC[C@H]2C(C)(C)C1=O. The van der Waals surface area contributed by atoms with Crippen molar-refractivity contribution >= 4 is 11.6 Å². The largest absolute Gasteiger partial charge is 0.305 e. The fourth-order valence-electron chi connectivity index (χ4n) is 11.5. The third-order valence-corrected chi connectivity index (χ3v) is 13.8. The Balaban J connectivity index is 1.60. The Hall–Kier alpha value is -1.17. The topological polar surface area (TPSA) is 38.5 Å². The van der Waals surface area contributed by atoms with Gasteiger partial charge in [-0.15, -0.1) is 0 Å². The first-order chi connectivity index (χ1) is 16.1. The second-order valence-electron chi connectivity index (χ2n) is 15.8. The van der Waals surface area contributed by atoms with Crippen molar-refractivity contribution in [2.24, 2.45) is 56.2 Å². The van der Waals surface area contributed by atoms with Gasteiger partial charge in [0.15, 0.2) is 0 Å². The van der Waals surface area contributed by atoms with Crippen molar-refractivity contribution in [3.8, 4) is 0 Å². The summed E-state index contributed by atoms with van der Waals surface area (Å²) >= 11 is 0. The Kier molecular flexibility index (Phi) is 5.42. The first kappa shape index (κ1) is 25.5. The van der Waals surface area contributed by atoms with E-state index in [1.165, 1.54) is 32.1 Å². The third kappa shape index (κ3) is 3.07. The predicted octanol–water partition coefficient (Wildman–Crippen LogP) is 7.92. The Bertz CT molecular complexity index is 988. The average Bonchev–Trinajstić information content (AvgIpc) is 2.77. The van der Waals surface area contributed by atoms with Crippen molar-refractivity contribution < 1.29 is 9.59 Å². The van der Waals surface area contributed by atoms with Gasteiger partial charge in [0.2, 0.25) is 5.78 Å². The van der Waals surface area contributed by atoms with E-state index in [-0.39, 0.29) is 39.8 Å². The Labute approximate surface area is 214 Å². The molecule has 194 valence electrons. The molecular weight excluding hydrogens is 430 g/mol. The maximum atomic E-state index is 14.4. The van der Waals surface area contributed by atoms with Crippen molar-refractivity contribution in [1.82, 2.24) is 0 Å². The van der Waals surface area contributed by atoms with Gasteiger partial charge < -0.3 is 4.85 Å². The first-order valence-electron chi connectivity index (χ1n) is 14.6. The van der Waals surface area contributed by atoms with E-state index in [1.807, 2.05) is 0 Å². The molecule has 0 N–H and O–H groups in total. The van der Waals surface area contributed by atoms with Crippen LogP contribution in [0, 0.1) is 62.7 Å². The average molecular weight is 480 g/mol. The highest BCUT2D eigenvalue weighted by molar-refractivity contribution is 5.92. The molecule has 5 aliphatic carbocycles. The zero-order chi connectivity index (χ0) is 25.8. The molecule has 3 unspecified atom stereocenters. The van der Waals surface area contributed by atoms with Crippen LogP contribution in [-0.2, 0) is 9.59 Å². The van der Waals surface area contributed by atoms with Gasteiger partial charge in [0.25, 0.3) is 6.04 Å². The van der Waals surface area contributed by atoms with Crippen LogP contribution < -0.4 is 0 Å². The smallest absolute Gasteiger partial charge is 0.281 e. The van der Waals surface area contributed by atoms with Crippen LogP contribution in [0.2, 0.25) is 0 Å². The van der Waals surface area contributed by atoms with Crippen LogP contribution in [0.1, 0.15) is 120 Å². The Morgan fingerprint density at radius 2 is 1.51 bits per heavy atom. The molecule has 0 aromatic heterocycles. The van der Waals surface area contributed by atoms with Gasteiger partial charge in [0.1, 0.15) is 5.78 Å². The molecule has 0 amide bonds. The summed E-state index contributed by atoms with van der Waals surface area (Å²) in [4.78, 5) is 31.5. The van der Waals surface area contributed by atoms with Crippen molar-refractivity contribution in [3.63, 3.8) is 0 Å². The molecule has 5 fully saturated rings. The summed E-state index contributed by atoms with van der Waals surface area (Å²) in [6.45, 7) is 26.6. The number of ketones is 2. The van der Waals surface area contributed by atoms with Crippen molar-refractivity contribution in [2.45, 2.75) is 126 Å². The van der Waals surface area contributed by atoms with Gasteiger partial charge in [0, 0.05) is 24.2 Å². The van der Waals surface area contributed by atoms with E-state index in [9.17, 15) is 9.59 Å². The van der Waals surface area contributed by atoms with Crippen molar-refractivity contribution in [3.05, 3.63) is 11.4 Å². The highest BCUT2D eigenvalue weighted by atomic mass is 16.1. The summed E-state index contributed by atoms with van der Waals surface area (Å²) < 4.78 is 0. The van der Waals surface area contributed by atoms with Crippen LogP contribution in [0.15, 0.2) is 0 Å². The monoisotopic (exact) mass is 479 g/mol. The molecule has 0 spiro atoms. The van der Waals surface area contributed by atoms with Crippen LogP contribution in [-0.4, -0.2) is 17.6 Å². The molecule has 5 rings (SSSR count). The number of nitrogens with zero attached hydrogens (tertiary/aromatic N) is 1. The van der Waals surface area contributed by atoms with E-state index in [1.54, 1.807) is 0 Å². The zero-order valence-corrected chi connectivity index (χ0v) is 23.7. The fourth-order valence-corrected chi connectivity index (χ4v) is 11.5. The molecule has 0 saturated heterocycles. The zero-order valence-electron chi connectivity index (χ0n) is 23.7. The summed E-state index contributed by atoms with van der Waals surface area (Å²) in [5, 5.41) is 0. The van der Waals surface area contributed by atoms with E-state index in [0.29, 0.717) is 35.4 Å². The van der Waals surface area contributed by atoms with Crippen LogP contribution in [0.5, 0.6) is 0 Å². The minimum atomic E-state index is -0.549. The molecule has 35 heavy (non-hydrogen) atoms. The maximum absolute atomic E-state index is 14.4. The van der Waals surface area contributed by atoms with Crippen LogP contribution in [0.4, 0.5) is 0 Å². The lowest BCUT2D eigenvalue weighted by atomic mass is 9.31. The molecule has 9 atom stereocenters. The number of Topliss-reactive ketones (excluding diaryl/α,β-unsaturated/α-hetero) is 2. The van der Waals surface area contributed by atoms with E-state index in [0.717, 1.165) is 19.3 Å². The fraction of sp³-hybridized carbons (Fsp3) is 0.906. The molecule has 0 aromatic rings. The number of hydrogen-bond acceptors (Lipinski definition) is 2. The number of hydrogen-bond donors (Lipinski definition) is 0. The van der Waals surface area contributed by atoms with Gasteiger partial charge in [-0.3, -0.25) is 9.59 Å². The standard InChI is InChI=1S/C32H49NO2/c1-10-32-15-13-27(2,3)18-20(32)25-22(34)17-24-29(6)19-21(33-9)26(35)28(4,5)23(29)11-12-30(24,7)31(25,8)14-16-32/h20-21,23-25H,10-19H2,1-8H3/t20?,21?,23-,24+,25?,29-,30+,31+,32+/m0/s1. The minimum Gasteiger partial charge on any atom is -0.305 e. The minimum absolute atomic E-state index is 0.0109. The van der Waals surface area contributed by atoms with Gasteiger partial charge in [-0.05, 0) is 89.8 Å². The molecule has 0 aromatic carbocycles. The van der Waals surface area contributed by atoms with E-state index in [2.05, 4.69) is 60.2 Å². The second kappa shape index (κ2) is 7.45. The number of carbonyl (C=O) groups is 2. The summed E-state index contributed by atoms with van der Waals surface area (Å²) in [7, 11) is 0. The van der Waals surface area contributed by atoms with Crippen molar-refractivity contribution in [1.29, 1.82) is 0 Å². The van der Waals surface area contributed by atoms with E-state index in [4.69, 9.17) is 6.57 Å². The quantitative estimate of drug-likeness (QED) is 0.358. The molecule has 0 bridgehead atoms. The Morgan fingerprint density at radius 1 is 0.857 bits per heavy atom. The molecule has 0 radical (unpaired) electrons. The highest BCUT2D eigenvalue weighted by Gasteiger charge is 2.73. The lowest BCUT2D eigenvalue weighted by Gasteiger charge is -2.72. The van der Waals surface area contributed by atoms with Crippen LogP contribution >= 0.6 is 0 Å². The molecular formula is C32H49NO2. The molecule has 5 aliphatic rings. The van der Waals surface area contributed by atoms with Gasteiger partial charge in [0.05, 0.1) is 0 Å². The second-order valence-corrected chi connectivity index (χ2v) is 15.8. The van der Waals surface area contributed by atoms with E-state index >= 15 is 0 Å². The van der Waals surface area contributed by atoms with Crippen LogP contribution in [0.25, 0.3) is 4.85 Å². The maximum Gasteiger partial charge on any atom is 0.281 e. The van der Waals surface area contributed by atoms with Gasteiger partial charge in [-0.2, -0.15) is 0 Å². The number of carbonyl (C=O) groups excluding carboxylic acids is 2. The summed E-state index contributed by atoms with van der Waals surface area (Å²) in [5.74, 6) is 1.87. The Morgan fingerprint density at radius 3 is 2.14 bits per heavy atom. The molecule has 5 saturated carbocycles. The van der Waals surface area contributed by atoms with Gasteiger partial charge in [-0.25, -0.2) is 6.57 Å². The summed E-state index contributed by atoms with van der Waals surface area (Å²) in [6, 6.07) is -0.549. The molecule has 3 nitrogen and oxygen atoms in total. The van der Waals surface area contributed by atoms with E-state index < -0.39 is 11.5 Å². The number of rotatable bonds is 1. The lowest BCUT2D eigenvalue weighted by Crippen LogP contribution is -2.69. The lowest BCUT2D eigenvalue weighted by molar-refractivity contribution is -0.234. The summed E-state index contributed by atoms with van der Waals surface area (Å²) in [6.07, 6.45) is 10.9. The van der Waals surface area contributed by atoms with Crippen LogP contribution in [0.3, 0.4) is 0 Å².